The number of methoxy groups -OCH3 is 1. The Morgan fingerprint density at radius 3 is 2.74 bits per heavy atom. The highest BCUT2D eigenvalue weighted by Crippen LogP contribution is 2.30. The van der Waals surface area contributed by atoms with Crippen molar-refractivity contribution in [1.29, 1.82) is 0 Å². The molecule has 0 aliphatic rings. The predicted molar refractivity (Wildman–Crippen MR) is 74.8 cm³/mol. The highest BCUT2D eigenvalue weighted by molar-refractivity contribution is 5.39. The molecule has 19 heavy (non-hydrogen) atoms. The fourth-order valence-electron chi connectivity index (χ4n) is 2.30. The van der Waals surface area contributed by atoms with Crippen LogP contribution in [0.3, 0.4) is 0 Å². The van der Waals surface area contributed by atoms with Gasteiger partial charge < -0.3 is 4.74 Å². The van der Waals surface area contributed by atoms with Crippen LogP contribution < -0.4 is 16.0 Å². The summed E-state index contributed by atoms with van der Waals surface area (Å²) in [6.45, 7) is 4.88. The molecule has 0 aliphatic carbocycles. The summed E-state index contributed by atoms with van der Waals surface area (Å²) in [5.41, 5.74) is 6.12. The van der Waals surface area contributed by atoms with Crippen molar-refractivity contribution in [2.45, 2.75) is 26.4 Å². The Morgan fingerprint density at radius 2 is 2.16 bits per heavy atom. The van der Waals surface area contributed by atoms with Crippen LogP contribution in [0.2, 0.25) is 0 Å². The van der Waals surface area contributed by atoms with Gasteiger partial charge >= 0.3 is 0 Å². The van der Waals surface area contributed by atoms with E-state index >= 15 is 0 Å². The van der Waals surface area contributed by atoms with Crippen LogP contribution in [0.15, 0.2) is 30.5 Å². The van der Waals surface area contributed by atoms with Crippen molar-refractivity contribution in [1.82, 2.24) is 15.2 Å². The molecule has 0 saturated heterocycles. The number of hydrogen-bond acceptors (Lipinski definition) is 4. The third-order valence-corrected chi connectivity index (χ3v) is 3.30. The number of nitrogens with zero attached hydrogens (tertiary/aromatic N) is 2. The third kappa shape index (κ3) is 2.47. The summed E-state index contributed by atoms with van der Waals surface area (Å²) in [6, 6.07) is 8.01. The molecule has 5 heteroatoms. The molecule has 2 aromatic rings. The summed E-state index contributed by atoms with van der Waals surface area (Å²) in [6.07, 6.45) is 1.72. The molecule has 0 radical (unpaired) electrons. The van der Waals surface area contributed by atoms with Crippen molar-refractivity contribution in [2.75, 3.05) is 7.11 Å². The minimum Gasteiger partial charge on any atom is -0.493 e. The average Bonchev–Trinajstić information content (AvgIpc) is 2.85. The molecule has 0 fully saturated rings. The number of hydrogen-bond donors (Lipinski definition) is 2. The fourth-order valence-corrected chi connectivity index (χ4v) is 2.30. The SMILES string of the molecule is CCn1ncc(OC)c1C(NN)c1ccccc1C. The van der Waals surface area contributed by atoms with Crippen LogP contribution >= 0.6 is 0 Å². The number of nitrogens with two attached hydrogens (primary N) is 1. The summed E-state index contributed by atoms with van der Waals surface area (Å²) >= 11 is 0. The average molecular weight is 260 g/mol. The van der Waals surface area contributed by atoms with Gasteiger partial charge in [-0.1, -0.05) is 24.3 Å². The van der Waals surface area contributed by atoms with E-state index in [2.05, 4.69) is 29.6 Å². The van der Waals surface area contributed by atoms with Gasteiger partial charge in [0.05, 0.1) is 19.3 Å². The Hall–Kier alpha value is -1.85. The van der Waals surface area contributed by atoms with E-state index in [1.807, 2.05) is 23.7 Å². The van der Waals surface area contributed by atoms with Gasteiger partial charge in [0, 0.05) is 6.54 Å². The van der Waals surface area contributed by atoms with E-state index in [1.54, 1.807) is 13.3 Å². The molecule has 1 aromatic heterocycles. The monoisotopic (exact) mass is 260 g/mol. The molecule has 0 saturated carbocycles. The van der Waals surface area contributed by atoms with E-state index in [9.17, 15) is 0 Å². The molecule has 1 unspecified atom stereocenters. The van der Waals surface area contributed by atoms with Crippen LogP contribution in [-0.2, 0) is 6.54 Å². The second-order valence-corrected chi connectivity index (χ2v) is 4.37. The Kier molecular flexibility index (Phi) is 4.19. The van der Waals surface area contributed by atoms with Gasteiger partial charge in [-0.25, -0.2) is 5.43 Å². The number of aromatic nitrogens is 2. The van der Waals surface area contributed by atoms with Crippen LogP contribution in [0.25, 0.3) is 0 Å². The van der Waals surface area contributed by atoms with Gasteiger partial charge in [-0.3, -0.25) is 10.5 Å². The number of benzene rings is 1. The fraction of sp³-hybridized carbons (Fsp3) is 0.357. The van der Waals surface area contributed by atoms with E-state index in [4.69, 9.17) is 10.6 Å². The maximum Gasteiger partial charge on any atom is 0.161 e. The van der Waals surface area contributed by atoms with Crippen LogP contribution in [-0.4, -0.2) is 16.9 Å². The molecular weight excluding hydrogens is 240 g/mol. The van der Waals surface area contributed by atoms with Gasteiger partial charge in [-0.2, -0.15) is 5.10 Å². The summed E-state index contributed by atoms with van der Waals surface area (Å²) in [7, 11) is 1.64. The second-order valence-electron chi connectivity index (χ2n) is 4.37. The zero-order valence-electron chi connectivity index (χ0n) is 11.6. The van der Waals surface area contributed by atoms with Gasteiger partial charge in [0.1, 0.15) is 5.69 Å². The van der Waals surface area contributed by atoms with E-state index in [1.165, 1.54) is 5.56 Å². The predicted octanol–water partition coefficient (Wildman–Crippen LogP) is 1.77. The van der Waals surface area contributed by atoms with E-state index < -0.39 is 0 Å². The summed E-state index contributed by atoms with van der Waals surface area (Å²) < 4.78 is 7.29. The quantitative estimate of drug-likeness (QED) is 0.635. The van der Waals surface area contributed by atoms with E-state index in [-0.39, 0.29) is 6.04 Å². The van der Waals surface area contributed by atoms with Gasteiger partial charge in [-0.15, -0.1) is 0 Å². The first-order chi connectivity index (χ1) is 9.22. The van der Waals surface area contributed by atoms with Crippen LogP contribution in [0.4, 0.5) is 0 Å². The molecule has 5 nitrogen and oxygen atoms in total. The van der Waals surface area contributed by atoms with Gasteiger partial charge in [0.2, 0.25) is 0 Å². The Morgan fingerprint density at radius 1 is 1.42 bits per heavy atom. The standard InChI is InChI=1S/C14H20N4O/c1-4-18-14(12(19-3)9-16-18)13(17-15)11-8-6-5-7-10(11)2/h5-9,13,17H,4,15H2,1-3H3. The maximum absolute atomic E-state index is 5.77. The lowest BCUT2D eigenvalue weighted by molar-refractivity contribution is 0.399. The number of nitrogens with one attached hydrogen (secondary N) is 1. The van der Waals surface area contributed by atoms with Crippen molar-refractivity contribution >= 4 is 0 Å². The lowest BCUT2D eigenvalue weighted by Gasteiger charge is -2.20. The normalized spacial score (nSPS) is 12.4. The smallest absolute Gasteiger partial charge is 0.161 e. The molecule has 0 amide bonds. The number of aryl methyl sites for hydroxylation is 2. The van der Waals surface area contributed by atoms with Crippen molar-refractivity contribution in [3.63, 3.8) is 0 Å². The van der Waals surface area contributed by atoms with Crippen molar-refractivity contribution in [2.24, 2.45) is 5.84 Å². The molecular formula is C14H20N4O. The Bertz CT molecular complexity index is 529. The highest BCUT2D eigenvalue weighted by Gasteiger charge is 2.23. The first-order valence-electron chi connectivity index (χ1n) is 6.34. The molecule has 1 aromatic carbocycles. The number of hydrazine groups is 1. The van der Waals surface area contributed by atoms with Crippen LogP contribution in [0, 0.1) is 6.92 Å². The molecule has 1 heterocycles. The lowest BCUT2D eigenvalue weighted by atomic mass is 9.99. The van der Waals surface area contributed by atoms with Gasteiger partial charge in [-0.05, 0) is 25.0 Å². The molecule has 2 rings (SSSR count). The minimum absolute atomic E-state index is 0.140. The Labute approximate surface area is 113 Å². The largest absolute Gasteiger partial charge is 0.493 e. The summed E-state index contributed by atoms with van der Waals surface area (Å²) in [5, 5.41) is 4.33. The summed E-state index contributed by atoms with van der Waals surface area (Å²) in [4.78, 5) is 0. The first-order valence-corrected chi connectivity index (χ1v) is 6.34. The van der Waals surface area contributed by atoms with Crippen LogP contribution in [0.5, 0.6) is 5.75 Å². The third-order valence-electron chi connectivity index (χ3n) is 3.30. The molecule has 3 N–H and O–H groups in total. The molecule has 1 atom stereocenters. The van der Waals surface area contributed by atoms with E-state index in [0.29, 0.717) is 0 Å². The molecule has 0 spiro atoms. The van der Waals surface area contributed by atoms with Crippen molar-refractivity contribution in [3.8, 4) is 5.75 Å². The molecule has 0 bridgehead atoms. The minimum atomic E-state index is -0.140. The second kappa shape index (κ2) is 5.86. The molecule has 102 valence electrons. The summed E-state index contributed by atoms with van der Waals surface area (Å²) in [5.74, 6) is 6.51. The zero-order valence-corrected chi connectivity index (χ0v) is 11.6. The number of ether oxygens (including phenoxy) is 1. The Balaban J connectivity index is 2.54. The lowest BCUT2D eigenvalue weighted by Crippen LogP contribution is -2.31. The van der Waals surface area contributed by atoms with Crippen molar-refractivity contribution < 1.29 is 4.74 Å². The van der Waals surface area contributed by atoms with Gasteiger partial charge in [0.25, 0.3) is 0 Å². The maximum atomic E-state index is 5.77. The van der Waals surface area contributed by atoms with E-state index in [0.717, 1.165) is 23.6 Å². The zero-order chi connectivity index (χ0) is 13.8. The van der Waals surface area contributed by atoms with Gasteiger partial charge in [0.15, 0.2) is 5.75 Å². The molecule has 0 aliphatic heterocycles. The number of rotatable bonds is 5. The van der Waals surface area contributed by atoms with Crippen LogP contribution in [0.1, 0.15) is 29.8 Å². The van der Waals surface area contributed by atoms with Crippen molar-refractivity contribution in [3.05, 3.63) is 47.3 Å². The highest BCUT2D eigenvalue weighted by atomic mass is 16.5. The first kappa shape index (κ1) is 13.6. The topological polar surface area (TPSA) is 65.1 Å².